The third-order valence-electron chi connectivity index (χ3n) is 5.37. The molecule has 2 N–H and O–H groups in total. The fourth-order valence-corrected chi connectivity index (χ4v) is 3.48. The van der Waals surface area contributed by atoms with Crippen LogP contribution in [0.2, 0.25) is 0 Å². The molecule has 1 amide bonds. The number of amides is 1. The molecule has 0 bridgehead atoms. The summed E-state index contributed by atoms with van der Waals surface area (Å²) in [6, 6.07) is 12.7. The second-order valence-corrected chi connectivity index (χ2v) is 7.69. The first-order valence-corrected chi connectivity index (χ1v) is 10.1. The highest BCUT2D eigenvalue weighted by Gasteiger charge is 2.33. The molecule has 0 saturated heterocycles. The van der Waals surface area contributed by atoms with Gasteiger partial charge in [0.25, 0.3) is 5.91 Å². The summed E-state index contributed by atoms with van der Waals surface area (Å²) in [7, 11) is 1.54. The Labute approximate surface area is 176 Å². The maximum Gasteiger partial charge on any atom is 0.251 e. The molecule has 162 valence electrons. The van der Waals surface area contributed by atoms with Crippen molar-refractivity contribution in [3.8, 4) is 11.5 Å². The molecule has 3 rings (SSSR count). The molecule has 1 aliphatic carbocycles. The van der Waals surface area contributed by atoms with Gasteiger partial charge in [-0.3, -0.25) is 4.79 Å². The molecule has 6 nitrogen and oxygen atoms in total. The number of hydrogen-bond acceptors (Lipinski definition) is 5. The summed E-state index contributed by atoms with van der Waals surface area (Å²) in [4.78, 5) is 12.4. The van der Waals surface area contributed by atoms with E-state index in [1.54, 1.807) is 43.5 Å². The van der Waals surface area contributed by atoms with Crippen molar-refractivity contribution in [2.75, 3.05) is 27.1 Å². The van der Waals surface area contributed by atoms with E-state index in [2.05, 4.69) is 5.32 Å². The molecule has 30 heavy (non-hydrogen) atoms. The fourth-order valence-electron chi connectivity index (χ4n) is 3.48. The average Bonchev–Trinajstić information content (AvgIpc) is 2.77. The van der Waals surface area contributed by atoms with Gasteiger partial charge in [0.1, 0.15) is 17.3 Å². The van der Waals surface area contributed by atoms with E-state index in [-0.39, 0.29) is 25.1 Å². The van der Waals surface area contributed by atoms with Gasteiger partial charge in [0.05, 0.1) is 12.2 Å². The molecule has 0 heterocycles. The Balaban J connectivity index is 1.40. The van der Waals surface area contributed by atoms with Crippen LogP contribution in [0.15, 0.2) is 48.5 Å². The lowest BCUT2D eigenvalue weighted by Crippen LogP contribution is -2.45. The normalized spacial score (nSPS) is 21.1. The van der Waals surface area contributed by atoms with Crippen molar-refractivity contribution in [2.24, 2.45) is 5.92 Å². The second kappa shape index (κ2) is 10.4. The minimum Gasteiger partial charge on any atom is -0.493 e. The van der Waals surface area contributed by atoms with E-state index in [0.717, 1.165) is 12.8 Å². The number of methoxy groups -OCH3 is 1. The zero-order valence-corrected chi connectivity index (χ0v) is 17.1. The van der Waals surface area contributed by atoms with Crippen molar-refractivity contribution in [2.45, 2.75) is 31.3 Å². The van der Waals surface area contributed by atoms with E-state index in [1.165, 1.54) is 12.1 Å². The smallest absolute Gasteiger partial charge is 0.251 e. The lowest BCUT2D eigenvalue weighted by Gasteiger charge is -2.36. The van der Waals surface area contributed by atoms with Crippen LogP contribution < -0.4 is 14.8 Å². The summed E-state index contributed by atoms with van der Waals surface area (Å²) in [5.74, 6) is 1.06. The van der Waals surface area contributed by atoms with Crippen LogP contribution in [0.4, 0.5) is 4.39 Å². The molecule has 0 atom stereocenters. The molecule has 2 aromatic carbocycles. The summed E-state index contributed by atoms with van der Waals surface area (Å²) in [5.41, 5.74) is -0.409. The fraction of sp³-hybridized carbons (Fsp3) is 0.435. The van der Waals surface area contributed by atoms with Gasteiger partial charge in [-0.05, 0) is 80.1 Å². The van der Waals surface area contributed by atoms with Crippen LogP contribution in [0.3, 0.4) is 0 Å². The standard InChI is InChI=1S/C23H28FNO5/c1-28-16-30-21-6-2-18(3-7-21)22(26)25-15-23(27)12-10-17(11-13-23)14-29-20-8-4-19(24)5-9-20/h2-9,17,27H,10-16H2,1H3,(H,25,26)/t17-,23-. The summed E-state index contributed by atoms with van der Waals surface area (Å²) >= 11 is 0. The number of halogens is 1. The number of carbonyl (C=O) groups excluding carboxylic acids is 1. The predicted octanol–water partition coefficient (Wildman–Crippen LogP) is 3.54. The summed E-state index contributed by atoms with van der Waals surface area (Å²) in [6.45, 7) is 0.888. The van der Waals surface area contributed by atoms with Crippen LogP contribution in [0.25, 0.3) is 0 Å². The van der Waals surface area contributed by atoms with E-state index in [0.29, 0.717) is 42.4 Å². The van der Waals surface area contributed by atoms with Crippen molar-refractivity contribution < 1.29 is 28.5 Å². The molecule has 0 spiro atoms. The number of ether oxygens (including phenoxy) is 3. The molecule has 0 aliphatic heterocycles. The van der Waals surface area contributed by atoms with Gasteiger partial charge in [-0.25, -0.2) is 4.39 Å². The predicted molar refractivity (Wildman–Crippen MR) is 110 cm³/mol. The first-order valence-electron chi connectivity index (χ1n) is 10.1. The average molecular weight is 417 g/mol. The van der Waals surface area contributed by atoms with Crippen molar-refractivity contribution >= 4 is 5.91 Å². The van der Waals surface area contributed by atoms with Crippen LogP contribution in [-0.4, -0.2) is 43.7 Å². The molecule has 2 aromatic rings. The molecule has 1 saturated carbocycles. The number of hydrogen-bond donors (Lipinski definition) is 2. The highest BCUT2D eigenvalue weighted by molar-refractivity contribution is 5.94. The zero-order valence-electron chi connectivity index (χ0n) is 17.1. The number of carbonyl (C=O) groups is 1. The van der Waals surface area contributed by atoms with Gasteiger partial charge in [0.2, 0.25) is 0 Å². The van der Waals surface area contributed by atoms with Crippen molar-refractivity contribution in [3.05, 3.63) is 59.9 Å². The second-order valence-electron chi connectivity index (χ2n) is 7.69. The Morgan fingerprint density at radius 3 is 2.30 bits per heavy atom. The van der Waals surface area contributed by atoms with Gasteiger partial charge in [0.15, 0.2) is 6.79 Å². The van der Waals surface area contributed by atoms with Gasteiger partial charge in [-0.2, -0.15) is 0 Å². The molecule has 0 aromatic heterocycles. The van der Waals surface area contributed by atoms with Gasteiger partial charge in [-0.15, -0.1) is 0 Å². The van der Waals surface area contributed by atoms with Crippen molar-refractivity contribution in [3.63, 3.8) is 0 Å². The minimum atomic E-state index is -0.913. The van der Waals surface area contributed by atoms with E-state index >= 15 is 0 Å². The van der Waals surface area contributed by atoms with Crippen LogP contribution in [0.1, 0.15) is 36.0 Å². The summed E-state index contributed by atoms with van der Waals surface area (Å²) in [5, 5.41) is 13.6. The zero-order chi connectivity index (χ0) is 21.4. The lowest BCUT2D eigenvalue weighted by molar-refractivity contribution is -0.0129. The van der Waals surface area contributed by atoms with Crippen molar-refractivity contribution in [1.82, 2.24) is 5.32 Å². The Bertz CT molecular complexity index is 801. The highest BCUT2D eigenvalue weighted by Crippen LogP contribution is 2.32. The van der Waals surface area contributed by atoms with Crippen molar-refractivity contribution in [1.29, 1.82) is 0 Å². The minimum absolute atomic E-state index is 0.147. The molecular formula is C23H28FNO5. The largest absolute Gasteiger partial charge is 0.493 e. The number of rotatable bonds is 9. The molecule has 7 heteroatoms. The summed E-state index contributed by atoms with van der Waals surface area (Å²) in [6.07, 6.45) is 2.79. The molecule has 0 unspecified atom stereocenters. The monoisotopic (exact) mass is 417 g/mol. The van der Waals surface area contributed by atoms with E-state index in [1.807, 2.05) is 0 Å². The van der Waals surface area contributed by atoms with Crippen LogP contribution in [0, 0.1) is 11.7 Å². The Kier molecular flexibility index (Phi) is 7.65. The molecule has 1 fully saturated rings. The lowest BCUT2D eigenvalue weighted by atomic mass is 9.79. The topological polar surface area (TPSA) is 77.0 Å². The quantitative estimate of drug-likeness (QED) is 0.611. The van der Waals surface area contributed by atoms with Gasteiger partial charge >= 0.3 is 0 Å². The van der Waals surface area contributed by atoms with E-state index in [9.17, 15) is 14.3 Å². The van der Waals surface area contributed by atoms with E-state index in [4.69, 9.17) is 14.2 Å². The van der Waals surface area contributed by atoms with Gasteiger partial charge < -0.3 is 24.6 Å². The first kappa shape index (κ1) is 22.1. The van der Waals surface area contributed by atoms with E-state index < -0.39 is 5.60 Å². The van der Waals surface area contributed by atoms with Crippen LogP contribution in [-0.2, 0) is 4.74 Å². The number of benzene rings is 2. The third kappa shape index (κ3) is 6.43. The highest BCUT2D eigenvalue weighted by atomic mass is 19.1. The van der Waals surface area contributed by atoms with Gasteiger partial charge in [0, 0.05) is 19.2 Å². The Hall–Kier alpha value is -2.64. The van der Waals surface area contributed by atoms with Crippen LogP contribution in [0.5, 0.6) is 11.5 Å². The van der Waals surface area contributed by atoms with Crippen LogP contribution >= 0.6 is 0 Å². The molecular weight excluding hydrogens is 389 g/mol. The third-order valence-corrected chi connectivity index (χ3v) is 5.37. The Morgan fingerprint density at radius 1 is 1.07 bits per heavy atom. The number of aliphatic hydroxyl groups is 1. The maximum atomic E-state index is 12.9. The first-order chi connectivity index (χ1) is 14.5. The molecule has 1 aliphatic rings. The SMILES string of the molecule is COCOc1ccc(C(=O)NC[C@]2(O)CC[C@H](COc3ccc(F)cc3)CC2)cc1. The maximum absolute atomic E-state index is 12.9. The molecule has 0 radical (unpaired) electrons. The summed E-state index contributed by atoms with van der Waals surface area (Å²) < 4.78 is 28.8. The number of nitrogens with one attached hydrogen (secondary N) is 1. The Morgan fingerprint density at radius 2 is 1.67 bits per heavy atom. The van der Waals surface area contributed by atoms with Gasteiger partial charge in [-0.1, -0.05) is 0 Å².